The Morgan fingerprint density at radius 3 is 2.81 bits per heavy atom. The Morgan fingerprint density at radius 2 is 2.19 bits per heavy atom. The van der Waals surface area contributed by atoms with E-state index in [0.29, 0.717) is 10.0 Å². The molecule has 1 atom stereocenters. The van der Waals surface area contributed by atoms with Crippen LogP contribution in [0.15, 0.2) is 23.6 Å². The highest BCUT2D eigenvalue weighted by molar-refractivity contribution is 7.03. The lowest BCUT2D eigenvalue weighted by molar-refractivity contribution is 0.668. The molecule has 0 spiro atoms. The molecule has 6 heteroatoms. The van der Waals surface area contributed by atoms with E-state index in [2.05, 4.69) is 14.9 Å². The minimum Gasteiger partial charge on any atom is -0.308 e. The molecule has 2 rings (SSSR count). The van der Waals surface area contributed by atoms with E-state index < -0.39 is 0 Å². The fourth-order valence-electron chi connectivity index (χ4n) is 1.50. The zero-order valence-electron chi connectivity index (χ0n) is 8.45. The maximum absolute atomic E-state index is 6.14. The van der Waals surface area contributed by atoms with Crippen molar-refractivity contribution in [3.05, 3.63) is 44.9 Å². The summed E-state index contributed by atoms with van der Waals surface area (Å²) < 4.78 is 3.84. The summed E-state index contributed by atoms with van der Waals surface area (Å²) >= 11 is 13.4. The number of hydrogen-bond acceptors (Lipinski definition) is 4. The second-order valence-electron chi connectivity index (χ2n) is 3.22. The number of halogens is 2. The third kappa shape index (κ3) is 2.35. The average molecular weight is 274 g/mol. The highest BCUT2D eigenvalue weighted by Gasteiger charge is 2.17. The van der Waals surface area contributed by atoms with Gasteiger partial charge in [0.05, 0.1) is 11.7 Å². The number of hydrogen-bond donors (Lipinski definition) is 1. The summed E-state index contributed by atoms with van der Waals surface area (Å²) in [6.45, 7) is 0. The van der Waals surface area contributed by atoms with Gasteiger partial charge in [-0.05, 0) is 42.3 Å². The first-order valence-corrected chi connectivity index (χ1v) is 6.21. The zero-order valence-corrected chi connectivity index (χ0v) is 10.8. The molecule has 1 heterocycles. The Kier molecular flexibility index (Phi) is 3.76. The van der Waals surface area contributed by atoms with Crippen LogP contribution in [-0.4, -0.2) is 16.6 Å². The van der Waals surface area contributed by atoms with Crippen molar-refractivity contribution in [2.24, 2.45) is 0 Å². The summed E-state index contributed by atoms with van der Waals surface area (Å²) in [6.07, 6.45) is 0. The Bertz CT molecular complexity index is 473. The van der Waals surface area contributed by atoms with Gasteiger partial charge in [0.1, 0.15) is 0 Å². The third-order valence-electron chi connectivity index (χ3n) is 2.23. The monoisotopic (exact) mass is 273 g/mol. The van der Waals surface area contributed by atoms with Crippen LogP contribution in [0.4, 0.5) is 0 Å². The molecule has 0 radical (unpaired) electrons. The summed E-state index contributed by atoms with van der Waals surface area (Å²) in [6, 6.07) is 5.30. The van der Waals surface area contributed by atoms with Crippen LogP contribution in [-0.2, 0) is 0 Å². The van der Waals surface area contributed by atoms with Crippen molar-refractivity contribution in [2.75, 3.05) is 7.05 Å². The van der Waals surface area contributed by atoms with Gasteiger partial charge < -0.3 is 5.32 Å². The predicted octanol–water partition coefficient (Wildman–Crippen LogP) is 3.15. The maximum Gasteiger partial charge on any atom is 0.0970 e. The molecule has 0 amide bonds. The molecule has 0 aliphatic heterocycles. The van der Waals surface area contributed by atoms with Crippen molar-refractivity contribution in [3.63, 3.8) is 0 Å². The van der Waals surface area contributed by atoms with E-state index in [-0.39, 0.29) is 6.04 Å². The van der Waals surface area contributed by atoms with Gasteiger partial charge >= 0.3 is 0 Å². The normalized spacial score (nSPS) is 12.7. The van der Waals surface area contributed by atoms with Gasteiger partial charge in [0.15, 0.2) is 0 Å². The van der Waals surface area contributed by atoms with Crippen LogP contribution in [0.5, 0.6) is 0 Å². The molecule has 1 aromatic heterocycles. The highest BCUT2D eigenvalue weighted by atomic mass is 35.5. The number of rotatable bonds is 3. The van der Waals surface area contributed by atoms with E-state index in [1.54, 1.807) is 12.1 Å². The summed E-state index contributed by atoms with van der Waals surface area (Å²) in [5, 5.41) is 10.4. The maximum atomic E-state index is 6.14. The molecular weight excluding hydrogens is 265 g/mol. The first-order valence-electron chi connectivity index (χ1n) is 4.61. The second-order valence-corrected chi connectivity index (χ2v) is 4.67. The molecule has 1 unspecified atom stereocenters. The van der Waals surface area contributed by atoms with Crippen molar-refractivity contribution >= 4 is 34.7 Å². The van der Waals surface area contributed by atoms with Crippen molar-refractivity contribution in [1.82, 2.24) is 14.9 Å². The molecule has 0 aliphatic carbocycles. The van der Waals surface area contributed by atoms with Crippen molar-refractivity contribution in [3.8, 4) is 0 Å². The number of nitrogens with one attached hydrogen (secondary N) is 1. The number of benzene rings is 1. The molecule has 16 heavy (non-hydrogen) atoms. The summed E-state index contributed by atoms with van der Waals surface area (Å²) in [7, 11) is 1.85. The first kappa shape index (κ1) is 11.8. The van der Waals surface area contributed by atoms with Crippen LogP contribution in [0.3, 0.4) is 0 Å². The van der Waals surface area contributed by atoms with Crippen LogP contribution in [0, 0.1) is 0 Å². The summed E-state index contributed by atoms with van der Waals surface area (Å²) in [4.78, 5) is 0. The van der Waals surface area contributed by atoms with Crippen molar-refractivity contribution < 1.29 is 0 Å². The fourth-order valence-corrected chi connectivity index (χ4v) is 2.38. The van der Waals surface area contributed by atoms with E-state index in [1.807, 2.05) is 18.5 Å². The van der Waals surface area contributed by atoms with E-state index in [0.717, 1.165) is 11.3 Å². The lowest BCUT2D eigenvalue weighted by atomic mass is 10.0. The predicted molar refractivity (Wildman–Crippen MR) is 67.3 cm³/mol. The van der Waals surface area contributed by atoms with Gasteiger partial charge in [-0.15, -0.1) is 5.10 Å². The Balaban J connectivity index is 2.44. The standard InChI is InChI=1S/C10H9Cl2N3S/c1-13-10(9-5-16-15-14-9)7-4-6(11)2-3-8(7)12/h2-5,10,13H,1H3. The van der Waals surface area contributed by atoms with Crippen LogP contribution in [0.25, 0.3) is 0 Å². The minimum absolute atomic E-state index is 0.0788. The van der Waals surface area contributed by atoms with Gasteiger partial charge in [-0.3, -0.25) is 0 Å². The molecule has 1 aromatic carbocycles. The third-order valence-corrected chi connectivity index (χ3v) is 3.33. The fraction of sp³-hybridized carbons (Fsp3) is 0.200. The lowest BCUT2D eigenvalue weighted by Crippen LogP contribution is -2.18. The van der Waals surface area contributed by atoms with E-state index in [4.69, 9.17) is 23.2 Å². The molecule has 84 valence electrons. The molecule has 2 aromatic rings. The van der Waals surface area contributed by atoms with Gasteiger partial charge in [0.2, 0.25) is 0 Å². The van der Waals surface area contributed by atoms with Crippen LogP contribution in [0.2, 0.25) is 10.0 Å². The topological polar surface area (TPSA) is 37.8 Å². The van der Waals surface area contributed by atoms with Gasteiger partial charge in [-0.1, -0.05) is 27.7 Å². The Labute approximate surface area is 108 Å². The second kappa shape index (κ2) is 5.10. The van der Waals surface area contributed by atoms with E-state index in [1.165, 1.54) is 11.5 Å². The Hall–Kier alpha value is -0.680. The van der Waals surface area contributed by atoms with E-state index >= 15 is 0 Å². The molecule has 0 bridgehead atoms. The summed E-state index contributed by atoms with van der Waals surface area (Å²) in [5.41, 5.74) is 1.75. The van der Waals surface area contributed by atoms with Gasteiger partial charge in [0.25, 0.3) is 0 Å². The van der Waals surface area contributed by atoms with Crippen LogP contribution in [0.1, 0.15) is 17.3 Å². The van der Waals surface area contributed by atoms with Gasteiger partial charge in [-0.2, -0.15) is 0 Å². The summed E-state index contributed by atoms with van der Waals surface area (Å²) in [5.74, 6) is 0. The number of aromatic nitrogens is 2. The molecule has 3 nitrogen and oxygen atoms in total. The minimum atomic E-state index is -0.0788. The van der Waals surface area contributed by atoms with E-state index in [9.17, 15) is 0 Å². The van der Waals surface area contributed by atoms with Gasteiger partial charge in [-0.25, -0.2) is 0 Å². The SMILES string of the molecule is CNC(c1csnn1)c1cc(Cl)ccc1Cl. The van der Waals surface area contributed by atoms with Crippen LogP contribution >= 0.6 is 34.7 Å². The smallest absolute Gasteiger partial charge is 0.0970 e. The van der Waals surface area contributed by atoms with Crippen molar-refractivity contribution in [1.29, 1.82) is 0 Å². The van der Waals surface area contributed by atoms with Crippen molar-refractivity contribution in [2.45, 2.75) is 6.04 Å². The first-order chi connectivity index (χ1) is 7.72. The number of nitrogens with zero attached hydrogens (tertiary/aromatic N) is 2. The zero-order chi connectivity index (χ0) is 11.5. The largest absolute Gasteiger partial charge is 0.308 e. The quantitative estimate of drug-likeness (QED) is 0.934. The molecule has 0 saturated carbocycles. The molecular formula is C10H9Cl2N3S. The average Bonchev–Trinajstić information content (AvgIpc) is 2.78. The Morgan fingerprint density at radius 1 is 1.38 bits per heavy atom. The molecule has 0 aliphatic rings. The lowest BCUT2D eigenvalue weighted by Gasteiger charge is -2.15. The highest BCUT2D eigenvalue weighted by Crippen LogP contribution is 2.29. The molecule has 1 N–H and O–H groups in total. The molecule has 0 saturated heterocycles. The van der Waals surface area contributed by atoms with Crippen LogP contribution < -0.4 is 5.32 Å². The van der Waals surface area contributed by atoms with Gasteiger partial charge in [0, 0.05) is 15.4 Å². The molecule has 0 fully saturated rings.